The van der Waals surface area contributed by atoms with Crippen LogP contribution in [-0.2, 0) is 21.2 Å². The van der Waals surface area contributed by atoms with E-state index in [4.69, 9.17) is 0 Å². The van der Waals surface area contributed by atoms with Crippen LogP contribution in [0.1, 0.15) is 12.0 Å². The van der Waals surface area contributed by atoms with E-state index in [0.29, 0.717) is 25.9 Å². The molecule has 32 heavy (non-hydrogen) atoms. The Morgan fingerprint density at radius 1 is 0.906 bits per heavy atom. The Labute approximate surface area is 186 Å². The molecule has 0 saturated carbocycles. The van der Waals surface area contributed by atoms with E-state index in [2.05, 4.69) is 6.07 Å². The molecule has 0 aliphatic carbocycles. The van der Waals surface area contributed by atoms with Crippen LogP contribution in [0.25, 0.3) is 10.8 Å². The van der Waals surface area contributed by atoms with E-state index in [-0.39, 0.29) is 29.6 Å². The average molecular weight is 454 g/mol. The van der Waals surface area contributed by atoms with Crippen LogP contribution in [0.2, 0.25) is 0 Å². The number of nitrogens with zero attached hydrogens (tertiary/aromatic N) is 3. The Morgan fingerprint density at radius 3 is 2.34 bits per heavy atom. The van der Waals surface area contributed by atoms with Crippen LogP contribution >= 0.6 is 0 Å². The topological polar surface area (TPSA) is 101 Å². The van der Waals surface area contributed by atoms with Gasteiger partial charge in [0.2, 0.25) is 15.9 Å². The van der Waals surface area contributed by atoms with Crippen molar-refractivity contribution in [2.75, 3.05) is 26.2 Å². The summed E-state index contributed by atoms with van der Waals surface area (Å²) in [7, 11) is -3.85. The number of hydrogen-bond donors (Lipinski definition) is 0. The number of carbonyl (C=O) groups excluding carboxylic acids is 1. The lowest BCUT2D eigenvalue weighted by atomic mass is 10.0. The number of hydrogen-bond acceptors (Lipinski definition) is 5. The van der Waals surface area contributed by atoms with Crippen LogP contribution < -0.4 is 0 Å². The molecule has 1 heterocycles. The number of carbonyl (C=O) groups is 1. The summed E-state index contributed by atoms with van der Waals surface area (Å²) < 4.78 is 27.0. The summed E-state index contributed by atoms with van der Waals surface area (Å²) in [5, 5.41) is 13.2. The predicted octanol–water partition coefficient (Wildman–Crippen LogP) is 3.21. The van der Waals surface area contributed by atoms with Crippen molar-refractivity contribution in [3.8, 4) is 0 Å². The van der Waals surface area contributed by atoms with Crippen molar-refractivity contribution in [2.24, 2.45) is 0 Å². The van der Waals surface area contributed by atoms with Crippen molar-refractivity contribution < 1.29 is 18.1 Å². The lowest BCUT2D eigenvalue weighted by Gasteiger charge is -2.34. The van der Waals surface area contributed by atoms with E-state index in [1.165, 1.54) is 22.5 Å². The fraction of sp³-hybridized carbons (Fsp3) is 0.261. The van der Waals surface area contributed by atoms with Gasteiger partial charge in [0.25, 0.3) is 5.69 Å². The van der Waals surface area contributed by atoms with Crippen LogP contribution in [0, 0.1) is 10.1 Å². The standard InChI is InChI=1S/C23H23N3O5S/c27-23(11-9-18-8-10-19-4-1-2-5-20(19)16-18)24-12-14-25(15-13-24)32(30,31)22-7-3-6-21(17-22)26(28)29/h1-8,10,16-17H,9,11-15H2. The maximum absolute atomic E-state index is 12.9. The van der Waals surface area contributed by atoms with Gasteiger partial charge in [0.05, 0.1) is 9.82 Å². The molecule has 8 nitrogen and oxygen atoms in total. The summed E-state index contributed by atoms with van der Waals surface area (Å²) in [6, 6.07) is 19.3. The number of benzene rings is 3. The van der Waals surface area contributed by atoms with Gasteiger partial charge < -0.3 is 4.90 Å². The second kappa shape index (κ2) is 9.05. The van der Waals surface area contributed by atoms with Gasteiger partial charge in [-0.25, -0.2) is 8.42 Å². The van der Waals surface area contributed by atoms with Crippen LogP contribution in [0.4, 0.5) is 5.69 Å². The molecule has 1 amide bonds. The minimum Gasteiger partial charge on any atom is -0.340 e. The number of nitro groups is 1. The first-order valence-electron chi connectivity index (χ1n) is 10.3. The fourth-order valence-corrected chi connectivity index (χ4v) is 5.35. The third-order valence-corrected chi connectivity index (χ3v) is 7.59. The molecule has 0 N–H and O–H groups in total. The molecule has 0 unspecified atom stereocenters. The SMILES string of the molecule is O=C(CCc1ccc2ccccc2c1)N1CCN(S(=O)(=O)c2cccc([N+](=O)[O-])c2)CC1. The second-order valence-corrected chi connectivity index (χ2v) is 9.66. The van der Waals surface area contributed by atoms with E-state index in [0.717, 1.165) is 22.4 Å². The van der Waals surface area contributed by atoms with Gasteiger partial charge in [0.1, 0.15) is 0 Å². The van der Waals surface area contributed by atoms with E-state index >= 15 is 0 Å². The van der Waals surface area contributed by atoms with Gasteiger partial charge in [-0.15, -0.1) is 0 Å². The van der Waals surface area contributed by atoms with Gasteiger partial charge in [-0.1, -0.05) is 48.5 Å². The number of fused-ring (bicyclic) bond motifs is 1. The molecule has 0 atom stereocenters. The zero-order valence-corrected chi connectivity index (χ0v) is 18.2. The molecular formula is C23H23N3O5S. The third kappa shape index (κ3) is 4.63. The van der Waals surface area contributed by atoms with Gasteiger partial charge >= 0.3 is 0 Å². The average Bonchev–Trinajstić information content (AvgIpc) is 2.82. The molecule has 166 valence electrons. The molecule has 3 aromatic carbocycles. The predicted molar refractivity (Wildman–Crippen MR) is 121 cm³/mol. The highest BCUT2D eigenvalue weighted by Gasteiger charge is 2.30. The Hall–Kier alpha value is -3.30. The molecule has 0 radical (unpaired) electrons. The highest BCUT2D eigenvalue weighted by molar-refractivity contribution is 7.89. The van der Waals surface area contributed by atoms with Crippen molar-refractivity contribution in [3.05, 3.63) is 82.4 Å². The first-order chi connectivity index (χ1) is 15.3. The lowest BCUT2D eigenvalue weighted by Crippen LogP contribution is -2.50. The van der Waals surface area contributed by atoms with Crippen molar-refractivity contribution in [1.82, 2.24) is 9.21 Å². The third-order valence-electron chi connectivity index (χ3n) is 5.70. The maximum atomic E-state index is 12.9. The highest BCUT2D eigenvalue weighted by Crippen LogP contribution is 2.22. The summed E-state index contributed by atoms with van der Waals surface area (Å²) in [4.78, 5) is 24.6. The Kier molecular flexibility index (Phi) is 6.20. The summed E-state index contributed by atoms with van der Waals surface area (Å²) in [5.41, 5.74) is 0.817. The van der Waals surface area contributed by atoms with Gasteiger partial charge in [-0.2, -0.15) is 4.31 Å². The number of rotatable bonds is 6. The smallest absolute Gasteiger partial charge is 0.270 e. The first-order valence-corrected chi connectivity index (χ1v) is 11.8. The van der Waals surface area contributed by atoms with Crippen molar-refractivity contribution in [1.29, 1.82) is 0 Å². The second-order valence-electron chi connectivity index (χ2n) is 7.72. The van der Waals surface area contributed by atoms with E-state index in [1.807, 2.05) is 36.4 Å². The Morgan fingerprint density at radius 2 is 1.62 bits per heavy atom. The molecule has 1 aliphatic heterocycles. The van der Waals surface area contributed by atoms with Crippen LogP contribution in [0.5, 0.6) is 0 Å². The molecule has 0 aromatic heterocycles. The zero-order valence-electron chi connectivity index (χ0n) is 17.4. The molecule has 1 aliphatic rings. The molecule has 0 bridgehead atoms. The maximum Gasteiger partial charge on any atom is 0.270 e. The molecule has 0 spiro atoms. The number of non-ortho nitro benzene ring substituents is 1. The quantitative estimate of drug-likeness (QED) is 0.421. The summed E-state index contributed by atoms with van der Waals surface area (Å²) in [6.07, 6.45) is 0.978. The minimum absolute atomic E-state index is 0.00874. The van der Waals surface area contributed by atoms with Crippen LogP contribution in [0.3, 0.4) is 0 Å². The van der Waals surface area contributed by atoms with E-state index < -0.39 is 14.9 Å². The number of amides is 1. The molecule has 1 fully saturated rings. The van der Waals surface area contributed by atoms with Crippen molar-refractivity contribution in [2.45, 2.75) is 17.7 Å². The Bertz CT molecular complexity index is 1270. The molecule has 3 aromatic rings. The molecular weight excluding hydrogens is 430 g/mol. The number of nitro benzene ring substituents is 1. The first kappa shape index (κ1) is 21.9. The van der Waals surface area contributed by atoms with Crippen molar-refractivity contribution in [3.63, 3.8) is 0 Å². The number of aryl methyl sites for hydroxylation is 1. The minimum atomic E-state index is -3.85. The van der Waals surface area contributed by atoms with Gasteiger partial charge in [0.15, 0.2) is 0 Å². The lowest BCUT2D eigenvalue weighted by molar-refractivity contribution is -0.385. The summed E-state index contributed by atoms with van der Waals surface area (Å²) >= 11 is 0. The summed E-state index contributed by atoms with van der Waals surface area (Å²) in [6.45, 7) is 0.912. The van der Waals surface area contributed by atoms with Gasteiger partial charge in [-0.3, -0.25) is 14.9 Å². The van der Waals surface area contributed by atoms with Gasteiger partial charge in [0, 0.05) is 44.7 Å². The molecule has 1 saturated heterocycles. The van der Waals surface area contributed by atoms with Gasteiger partial charge in [-0.05, 0) is 28.8 Å². The van der Waals surface area contributed by atoms with Crippen molar-refractivity contribution >= 4 is 32.4 Å². The van der Waals surface area contributed by atoms with E-state index in [1.54, 1.807) is 4.90 Å². The largest absolute Gasteiger partial charge is 0.340 e. The molecule has 9 heteroatoms. The number of sulfonamides is 1. The zero-order chi connectivity index (χ0) is 22.7. The van der Waals surface area contributed by atoms with Crippen LogP contribution in [0.15, 0.2) is 71.6 Å². The van der Waals surface area contributed by atoms with E-state index in [9.17, 15) is 23.3 Å². The van der Waals surface area contributed by atoms with Crippen LogP contribution in [-0.4, -0.2) is 54.6 Å². The highest BCUT2D eigenvalue weighted by atomic mass is 32.2. The number of piperazine rings is 1. The summed E-state index contributed by atoms with van der Waals surface area (Å²) in [5.74, 6) is -0.00874. The Balaban J connectivity index is 1.35. The monoisotopic (exact) mass is 453 g/mol. The normalized spacial score (nSPS) is 15.1. The fourth-order valence-electron chi connectivity index (χ4n) is 3.89. The molecule has 4 rings (SSSR count).